The van der Waals surface area contributed by atoms with Crippen LogP contribution in [-0.4, -0.2) is 13.1 Å². The molecule has 2 nitrogen and oxygen atoms in total. The number of unbranched alkanes of at least 4 members (excludes halogenated alkanes) is 1. The minimum absolute atomic E-state index is 1.05. The predicted octanol–water partition coefficient (Wildman–Crippen LogP) is 6.01. The molecule has 136 valence electrons. The number of fused-ring (bicyclic) bond motifs is 1. The summed E-state index contributed by atoms with van der Waals surface area (Å²) >= 11 is 1.88. The van der Waals surface area contributed by atoms with E-state index in [-0.39, 0.29) is 0 Å². The number of hydrogen-bond donors (Lipinski definition) is 0. The quantitative estimate of drug-likeness (QED) is 0.444. The summed E-state index contributed by atoms with van der Waals surface area (Å²) in [4.78, 5) is 2.37. The fourth-order valence-electron chi connectivity index (χ4n) is 3.28. The molecule has 3 heteroatoms. The lowest BCUT2D eigenvalue weighted by molar-refractivity contribution is -0.669. The number of aryl methyl sites for hydroxylation is 1. The first-order valence-electron chi connectivity index (χ1n) is 9.71. The molecule has 0 amide bonds. The molecule has 1 heterocycles. The van der Waals surface area contributed by atoms with Crippen molar-refractivity contribution in [1.29, 1.82) is 0 Å². The molecule has 0 aliphatic heterocycles. The van der Waals surface area contributed by atoms with Gasteiger partial charge in [-0.05, 0) is 43.7 Å². The van der Waals surface area contributed by atoms with Crippen LogP contribution in [0.25, 0.3) is 22.4 Å². The first-order chi connectivity index (χ1) is 12.8. The van der Waals surface area contributed by atoms with Crippen LogP contribution in [0.1, 0.15) is 44.2 Å². The smallest absolute Gasteiger partial charge is 0.262 e. The Labute approximate surface area is 161 Å². The molecule has 0 atom stereocenters. The molecule has 0 unspecified atom stereocenters. The van der Waals surface area contributed by atoms with Crippen molar-refractivity contribution < 1.29 is 4.57 Å². The fourth-order valence-corrected chi connectivity index (χ4v) is 4.37. The summed E-state index contributed by atoms with van der Waals surface area (Å²) in [5.41, 5.74) is 3.90. The van der Waals surface area contributed by atoms with Gasteiger partial charge in [0.05, 0.1) is 0 Å². The SMILES string of the molecule is CCCC[n+]1c(C=Cc2ccc(N(CC)CC)cc2)sc2ccccc21. The van der Waals surface area contributed by atoms with Gasteiger partial charge in [0.1, 0.15) is 4.70 Å². The van der Waals surface area contributed by atoms with E-state index in [2.05, 4.69) is 90.9 Å². The summed E-state index contributed by atoms with van der Waals surface area (Å²) < 4.78 is 3.82. The number of aromatic nitrogens is 1. The highest BCUT2D eigenvalue weighted by Gasteiger charge is 2.17. The van der Waals surface area contributed by atoms with Gasteiger partial charge in [0.2, 0.25) is 5.52 Å². The van der Waals surface area contributed by atoms with Gasteiger partial charge in [-0.1, -0.05) is 48.9 Å². The summed E-state index contributed by atoms with van der Waals surface area (Å²) in [5, 5.41) is 1.33. The topological polar surface area (TPSA) is 7.12 Å². The molecule has 0 radical (unpaired) electrons. The van der Waals surface area contributed by atoms with Crippen molar-refractivity contribution in [2.75, 3.05) is 18.0 Å². The highest BCUT2D eigenvalue weighted by Crippen LogP contribution is 2.23. The van der Waals surface area contributed by atoms with Crippen molar-refractivity contribution >= 4 is 39.4 Å². The number of benzene rings is 2. The third-order valence-corrected chi connectivity index (χ3v) is 5.94. The van der Waals surface area contributed by atoms with E-state index in [1.165, 1.54) is 39.3 Å². The van der Waals surface area contributed by atoms with Gasteiger partial charge in [0, 0.05) is 37.3 Å². The Morgan fingerprint density at radius 3 is 2.35 bits per heavy atom. The molecular weight excluding hydrogens is 336 g/mol. The van der Waals surface area contributed by atoms with Gasteiger partial charge in [-0.25, -0.2) is 0 Å². The zero-order valence-corrected chi connectivity index (χ0v) is 16.9. The van der Waals surface area contributed by atoms with Crippen LogP contribution in [0.5, 0.6) is 0 Å². The summed E-state index contributed by atoms with van der Waals surface area (Å²) in [7, 11) is 0. The number of hydrogen-bond acceptors (Lipinski definition) is 2. The maximum Gasteiger partial charge on any atom is 0.262 e. The molecule has 3 rings (SSSR count). The van der Waals surface area contributed by atoms with Crippen LogP contribution in [-0.2, 0) is 6.54 Å². The Kier molecular flexibility index (Phi) is 6.45. The van der Waals surface area contributed by atoms with Crippen molar-refractivity contribution in [2.24, 2.45) is 0 Å². The van der Waals surface area contributed by atoms with Gasteiger partial charge in [0.25, 0.3) is 5.01 Å². The Morgan fingerprint density at radius 1 is 0.923 bits per heavy atom. The lowest BCUT2D eigenvalue weighted by Crippen LogP contribution is -2.34. The van der Waals surface area contributed by atoms with Crippen LogP contribution in [0.4, 0.5) is 5.69 Å². The second kappa shape index (κ2) is 9.00. The summed E-state index contributed by atoms with van der Waals surface area (Å²) in [6, 6.07) is 17.6. The molecule has 0 saturated carbocycles. The van der Waals surface area contributed by atoms with Gasteiger partial charge >= 0.3 is 0 Å². The van der Waals surface area contributed by atoms with E-state index in [1.807, 2.05) is 11.3 Å². The van der Waals surface area contributed by atoms with Crippen molar-refractivity contribution in [3.8, 4) is 0 Å². The van der Waals surface area contributed by atoms with Crippen LogP contribution in [0.2, 0.25) is 0 Å². The fraction of sp³-hybridized carbons (Fsp3) is 0.348. The van der Waals surface area contributed by atoms with Gasteiger partial charge in [-0.15, -0.1) is 0 Å². The average molecular weight is 366 g/mol. The molecule has 0 N–H and O–H groups in total. The lowest BCUT2D eigenvalue weighted by atomic mass is 10.2. The van der Waals surface area contributed by atoms with Crippen LogP contribution in [0, 0.1) is 0 Å². The summed E-state index contributed by atoms with van der Waals surface area (Å²) in [6.45, 7) is 9.83. The molecule has 1 aromatic heterocycles. The first kappa shape index (κ1) is 18.7. The molecule has 2 aromatic carbocycles. The van der Waals surface area contributed by atoms with Crippen molar-refractivity contribution in [1.82, 2.24) is 0 Å². The van der Waals surface area contributed by atoms with Crippen LogP contribution >= 0.6 is 11.3 Å². The highest BCUT2D eigenvalue weighted by molar-refractivity contribution is 7.18. The van der Waals surface area contributed by atoms with Crippen LogP contribution in [0.3, 0.4) is 0 Å². The van der Waals surface area contributed by atoms with Gasteiger partial charge < -0.3 is 4.90 Å². The molecule has 0 fully saturated rings. The molecule has 0 spiro atoms. The van der Waals surface area contributed by atoms with Gasteiger partial charge in [0.15, 0.2) is 6.54 Å². The largest absolute Gasteiger partial charge is 0.372 e. The molecule has 0 saturated heterocycles. The van der Waals surface area contributed by atoms with E-state index in [9.17, 15) is 0 Å². The molecule has 0 aliphatic carbocycles. The third kappa shape index (κ3) is 4.16. The van der Waals surface area contributed by atoms with E-state index in [4.69, 9.17) is 0 Å². The minimum Gasteiger partial charge on any atom is -0.372 e. The van der Waals surface area contributed by atoms with Gasteiger partial charge in [-0.2, -0.15) is 4.57 Å². The maximum absolute atomic E-state index is 2.46. The Hall–Kier alpha value is -2.13. The molecule has 0 bridgehead atoms. The number of nitrogens with zero attached hydrogens (tertiary/aromatic N) is 2. The number of rotatable bonds is 8. The van der Waals surface area contributed by atoms with E-state index in [1.54, 1.807) is 0 Å². The first-order valence-corrected chi connectivity index (χ1v) is 10.5. The molecule has 3 aromatic rings. The molecule has 0 aliphatic rings. The predicted molar refractivity (Wildman–Crippen MR) is 116 cm³/mol. The second-order valence-corrected chi connectivity index (χ2v) is 7.57. The standard InChI is InChI=1S/C23H29N2S/c1-4-7-18-25-21-10-8-9-11-22(21)26-23(25)17-14-19-12-15-20(16-13-19)24(5-2)6-3/h8-17H,4-7,18H2,1-3H3/q+1. The molecular formula is C23H29N2S+. The minimum atomic E-state index is 1.05. The second-order valence-electron chi connectivity index (χ2n) is 6.51. The Morgan fingerprint density at radius 2 is 1.65 bits per heavy atom. The van der Waals surface area contributed by atoms with Crippen LogP contribution in [0.15, 0.2) is 48.5 Å². The number of para-hydroxylation sites is 1. The van der Waals surface area contributed by atoms with E-state index < -0.39 is 0 Å². The third-order valence-electron chi connectivity index (χ3n) is 4.81. The van der Waals surface area contributed by atoms with Gasteiger partial charge in [-0.3, -0.25) is 0 Å². The monoisotopic (exact) mass is 365 g/mol. The Balaban J connectivity index is 1.85. The summed E-state index contributed by atoms with van der Waals surface area (Å²) in [6.07, 6.45) is 6.93. The average Bonchev–Trinajstić information content (AvgIpc) is 3.04. The van der Waals surface area contributed by atoms with Crippen molar-refractivity contribution in [2.45, 2.75) is 40.2 Å². The number of thiazole rings is 1. The highest BCUT2D eigenvalue weighted by atomic mass is 32.1. The van der Waals surface area contributed by atoms with E-state index in [0.29, 0.717) is 0 Å². The lowest BCUT2D eigenvalue weighted by Gasteiger charge is -2.20. The Bertz CT molecular complexity index is 858. The normalized spacial score (nSPS) is 11.5. The van der Waals surface area contributed by atoms with Crippen molar-refractivity contribution in [3.63, 3.8) is 0 Å². The summed E-state index contributed by atoms with van der Waals surface area (Å²) in [5.74, 6) is 0. The van der Waals surface area contributed by atoms with E-state index >= 15 is 0 Å². The van der Waals surface area contributed by atoms with Crippen LogP contribution < -0.4 is 9.47 Å². The zero-order valence-electron chi connectivity index (χ0n) is 16.1. The van der Waals surface area contributed by atoms with E-state index in [0.717, 1.165) is 19.6 Å². The zero-order chi connectivity index (χ0) is 18.4. The number of anilines is 1. The van der Waals surface area contributed by atoms with Crippen molar-refractivity contribution in [3.05, 3.63) is 59.1 Å². The molecule has 26 heavy (non-hydrogen) atoms. The maximum atomic E-state index is 2.46.